The minimum atomic E-state index is -0.0704. The fraction of sp³-hybridized carbons (Fsp3) is 0.588. The first kappa shape index (κ1) is 20.1. The van der Waals surface area contributed by atoms with Crippen LogP contribution in [-0.4, -0.2) is 24.2 Å². The summed E-state index contributed by atoms with van der Waals surface area (Å²) in [5.74, 6) is 0.382. The third-order valence-corrected chi connectivity index (χ3v) is 5.08. The number of benzene rings is 1. The molecule has 0 heterocycles. The van der Waals surface area contributed by atoms with Crippen LogP contribution in [0.3, 0.4) is 0 Å². The first-order chi connectivity index (χ1) is 10.9. The summed E-state index contributed by atoms with van der Waals surface area (Å²) in [5.41, 5.74) is 6.93. The molecule has 0 fully saturated rings. The number of rotatable bonds is 8. The Hall–Kier alpha value is -0.970. The molecule has 0 spiro atoms. The number of hydrogen-bond acceptors (Lipinski definition) is 2. The Bertz CT molecular complexity index is 531. The Balaban J connectivity index is 2.75. The third kappa shape index (κ3) is 5.87. The summed E-state index contributed by atoms with van der Waals surface area (Å²) in [6.07, 6.45) is 2.65. The predicted molar refractivity (Wildman–Crippen MR) is 99.2 cm³/mol. The van der Waals surface area contributed by atoms with Crippen LogP contribution in [0.5, 0.6) is 0 Å². The van der Waals surface area contributed by atoms with Crippen molar-refractivity contribution in [3.8, 4) is 0 Å². The zero-order chi connectivity index (χ0) is 17.5. The molecule has 0 radical (unpaired) electrons. The van der Waals surface area contributed by atoms with Crippen molar-refractivity contribution in [3.05, 3.63) is 33.8 Å². The van der Waals surface area contributed by atoms with Gasteiger partial charge in [0, 0.05) is 23.2 Å². The topological polar surface area (TPSA) is 70.6 Å². The summed E-state index contributed by atoms with van der Waals surface area (Å²) in [5, 5.41) is 13.6. The van der Waals surface area contributed by atoms with Gasteiger partial charge in [-0.3, -0.25) is 4.99 Å². The number of aliphatic hydroxyl groups excluding tert-OH is 1. The van der Waals surface area contributed by atoms with Gasteiger partial charge in [-0.1, -0.05) is 43.1 Å². The number of nitrogens with two attached hydrogens (primary N) is 1. The molecule has 0 bridgehead atoms. The number of nitrogens with one attached hydrogen (secondary N) is 1. The number of halogens is 2. The summed E-state index contributed by atoms with van der Waals surface area (Å²) < 4.78 is 0. The first-order valence-electron chi connectivity index (χ1n) is 7.99. The van der Waals surface area contributed by atoms with E-state index < -0.39 is 0 Å². The summed E-state index contributed by atoms with van der Waals surface area (Å²) >= 11 is 12.1. The van der Waals surface area contributed by atoms with E-state index in [2.05, 4.69) is 24.2 Å². The minimum absolute atomic E-state index is 0.00219. The standard InChI is InChI=1S/C17H27Cl2N3O/c1-4-17(5-2,8-9-23)11-21-16(20)22-12(3)14-7-6-13(18)10-15(14)19/h6-7,10,12,23H,4-5,8-9,11H2,1-3H3,(H3,20,21,22). The highest BCUT2D eigenvalue weighted by molar-refractivity contribution is 6.35. The normalized spacial score (nSPS) is 13.9. The molecule has 0 aliphatic heterocycles. The van der Waals surface area contributed by atoms with Crippen LogP contribution >= 0.6 is 23.2 Å². The lowest BCUT2D eigenvalue weighted by Gasteiger charge is -2.29. The van der Waals surface area contributed by atoms with Crippen molar-refractivity contribution in [1.29, 1.82) is 0 Å². The average molecular weight is 360 g/mol. The van der Waals surface area contributed by atoms with E-state index in [-0.39, 0.29) is 18.1 Å². The molecule has 0 aliphatic rings. The van der Waals surface area contributed by atoms with Crippen molar-refractivity contribution in [3.63, 3.8) is 0 Å². The molecular formula is C17H27Cl2N3O. The van der Waals surface area contributed by atoms with Crippen LogP contribution in [0.25, 0.3) is 0 Å². The number of aliphatic imine (C=N–C) groups is 1. The van der Waals surface area contributed by atoms with Gasteiger partial charge in [-0.15, -0.1) is 0 Å². The van der Waals surface area contributed by atoms with E-state index in [1.54, 1.807) is 12.1 Å². The van der Waals surface area contributed by atoms with Gasteiger partial charge in [0.05, 0.1) is 6.04 Å². The average Bonchev–Trinajstić information content (AvgIpc) is 2.51. The van der Waals surface area contributed by atoms with E-state index in [1.165, 1.54) is 0 Å². The van der Waals surface area contributed by atoms with Crippen LogP contribution in [0, 0.1) is 5.41 Å². The lowest BCUT2D eigenvalue weighted by Crippen LogP contribution is -2.35. The van der Waals surface area contributed by atoms with Crippen molar-refractivity contribution in [1.82, 2.24) is 5.32 Å². The van der Waals surface area contributed by atoms with Gasteiger partial charge in [0.25, 0.3) is 0 Å². The van der Waals surface area contributed by atoms with Crippen molar-refractivity contribution in [2.75, 3.05) is 13.2 Å². The van der Waals surface area contributed by atoms with E-state index in [0.29, 0.717) is 22.5 Å². The maximum Gasteiger partial charge on any atom is 0.189 e. The van der Waals surface area contributed by atoms with Crippen LogP contribution in [-0.2, 0) is 0 Å². The lowest BCUT2D eigenvalue weighted by molar-refractivity contribution is 0.175. The van der Waals surface area contributed by atoms with E-state index in [1.807, 2.05) is 13.0 Å². The van der Waals surface area contributed by atoms with Crippen LogP contribution in [0.1, 0.15) is 51.6 Å². The molecule has 0 aliphatic carbocycles. The molecule has 0 amide bonds. The Morgan fingerprint density at radius 3 is 2.52 bits per heavy atom. The molecule has 4 N–H and O–H groups in total. The van der Waals surface area contributed by atoms with Gasteiger partial charge in [-0.05, 0) is 49.3 Å². The summed E-state index contributed by atoms with van der Waals surface area (Å²) in [4.78, 5) is 4.47. The molecule has 0 aromatic heterocycles. The highest BCUT2D eigenvalue weighted by atomic mass is 35.5. The Kier molecular flexibility index (Phi) is 8.17. The maximum atomic E-state index is 9.26. The van der Waals surface area contributed by atoms with Gasteiger partial charge < -0.3 is 16.2 Å². The SMILES string of the molecule is CCC(CC)(CCO)CN=C(N)NC(C)c1ccc(Cl)cc1Cl. The zero-order valence-corrected chi connectivity index (χ0v) is 15.6. The van der Waals surface area contributed by atoms with Gasteiger partial charge in [0.2, 0.25) is 0 Å². The molecule has 1 aromatic carbocycles. The van der Waals surface area contributed by atoms with Crippen LogP contribution in [0.2, 0.25) is 10.0 Å². The monoisotopic (exact) mass is 359 g/mol. The maximum absolute atomic E-state index is 9.26. The minimum Gasteiger partial charge on any atom is -0.396 e. The third-order valence-electron chi connectivity index (χ3n) is 4.52. The van der Waals surface area contributed by atoms with Gasteiger partial charge in [0.1, 0.15) is 0 Å². The van der Waals surface area contributed by atoms with Crippen LogP contribution in [0.4, 0.5) is 0 Å². The quantitative estimate of drug-likeness (QED) is 0.482. The molecule has 0 saturated carbocycles. The van der Waals surface area contributed by atoms with Gasteiger partial charge in [-0.25, -0.2) is 0 Å². The second-order valence-corrected chi connectivity index (χ2v) is 6.76. The number of aliphatic hydroxyl groups is 1. The largest absolute Gasteiger partial charge is 0.396 e. The second-order valence-electron chi connectivity index (χ2n) is 5.91. The molecule has 6 heteroatoms. The summed E-state index contributed by atoms with van der Waals surface area (Å²) in [6, 6.07) is 5.32. The van der Waals surface area contributed by atoms with Crippen molar-refractivity contribution in [2.45, 2.75) is 46.1 Å². The van der Waals surface area contributed by atoms with E-state index in [9.17, 15) is 5.11 Å². The molecule has 4 nitrogen and oxygen atoms in total. The fourth-order valence-corrected chi connectivity index (χ4v) is 3.17. The summed E-state index contributed by atoms with van der Waals surface area (Å²) in [6.45, 7) is 6.97. The number of guanidine groups is 1. The molecule has 1 rings (SSSR count). The predicted octanol–water partition coefficient (Wildman–Crippen LogP) is 4.15. The first-order valence-corrected chi connectivity index (χ1v) is 8.75. The van der Waals surface area contributed by atoms with E-state index in [4.69, 9.17) is 28.9 Å². The highest BCUT2D eigenvalue weighted by Crippen LogP contribution is 2.30. The Morgan fingerprint density at radius 1 is 1.35 bits per heavy atom. The van der Waals surface area contributed by atoms with Crippen LogP contribution < -0.4 is 11.1 Å². The molecule has 1 unspecified atom stereocenters. The van der Waals surface area contributed by atoms with Gasteiger partial charge in [0.15, 0.2) is 5.96 Å². The molecule has 1 atom stereocenters. The molecule has 130 valence electrons. The molecular weight excluding hydrogens is 333 g/mol. The zero-order valence-electron chi connectivity index (χ0n) is 14.1. The van der Waals surface area contributed by atoms with Gasteiger partial charge >= 0.3 is 0 Å². The lowest BCUT2D eigenvalue weighted by atomic mass is 9.79. The highest BCUT2D eigenvalue weighted by Gasteiger charge is 2.25. The number of hydrogen-bond donors (Lipinski definition) is 3. The molecule has 1 aromatic rings. The summed E-state index contributed by atoms with van der Waals surface area (Å²) in [7, 11) is 0. The Labute approximate surface area is 149 Å². The van der Waals surface area contributed by atoms with E-state index in [0.717, 1.165) is 24.8 Å². The fourth-order valence-electron chi connectivity index (χ4n) is 2.59. The number of nitrogens with zero attached hydrogens (tertiary/aromatic N) is 1. The smallest absolute Gasteiger partial charge is 0.189 e. The molecule has 0 saturated heterocycles. The molecule has 23 heavy (non-hydrogen) atoms. The van der Waals surface area contributed by atoms with E-state index >= 15 is 0 Å². The Morgan fingerprint density at radius 2 is 2.00 bits per heavy atom. The van der Waals surface area contributed by atoms with Crippen LogP contribution in [0.15, 0.2) is 23.2 Å². The van der Waals surface area contributed by atoms with Crippen molar-refractivity contribution >= 4 is 29.2 Å². The van der Waals surface area contributed by atoms with Crippen molar-refractivity contribution < 1.29 is 5.11 Å². The van der Waals surface area contributed by atoms with Gasteiger partial charge in [-0.2, -0.15) is 0 Å². The second kappa shape index (κ2) is 9.36. The van der Waals surface area contributed by atoms with Crippen molar-refractivity contribution in [2.24, 2.45) is 16.1 Å².